The predicted octanol–water partition coefficient (Wildman–Crippen LogP) is 3.12. The average Bonchev–Trinajstić information content (AvgIpc) is 2.67. The van der Waals surface area contributed by atoms with Gasteiger partial charge in [-0.3, -0.25) is 4.79 Å². The number of rotatable bonds is 5. The maximum Gasteiger partial charge on any atom is 0.225 e. The molecule has 2 aliphatic rings. The van der Waals surface area contributed by atoms with Gasteiger partial charge in [-0.15, -0.1) is 0 Å². The van der Waals surface area contributed by atoms with Gasteiger partial charge in [0, 0.05) is 45.0 Å². The Labute approximate surface area is 145 Å². The molecule has 3 rings (SSSR count). The van der Waals surface area contributed by atoms with Crippen LogP contribution in [0.5, 0.6) is 0 Å². The quantitative estimate of drug-likeness (QED) is 0.832. The van der Waals surface area contributed by atoms with Gasteiger partial charge in [-0.2, -0.15) is 0 Å². The van der Waals surface area contributed by atoms with E-state index in [9.17, 15) is 4.79 Å². The van der Waals surface area contributed by atoms with Crippen molar-refractivity contribution in [1.82, 2.24) is 14.9 Å². The van der Waals surface area contributed by atoms with Gasteiger partial charge < -0.3 is 9.80 Å². The van der Waals surface area contributed by atoms with E-state index in [0.29, 0.717) is 5.91 Å². The fourth-order valence-corrected chi connectivity index (χ4v) is 4.05. The molecular formula is C19H30N4O. The third kappa shape index (κ3) is 4.46. The Morgan fingerprint density at radius 3 is 2.46 bits per heavy atom. The fraction of sp³-hybridized carbons (Fsp3) is 0.737. The van der Waals surface area contributed by atoms with Gasteiger partial charge in [-0.25, -0.2) is 9.97 Å². The molecule has 1 aromatic heterocycles. The van der Waals surface area contributed by atoms with Crippen LogP contribution < -0.4 is 4.90 Å². The van der Waals surface area contributed by atoms with Crippen LogP contribution in [-0.2, 0) is 4.79 Å². The number of carbonyl (C=O) groups is 1. The highest BCUT2D eigenvalue weighted by Gasteiger charge is 2.28. The number of piperidine rings is 1. The predicted molar refractivity (Wildman–Crippen MR) is 95.8 cm³/mol. The zero-order valence-corrected chi connectivity index (χ0v) is 14.9. The lowest BCUT2D eigenvalue weighted by Crippen LogP contribution is -2.42. The van der Waals surface area contributed by atoms with Crippen molar-refractivity contribution >= 4 is 11.9 Å². The Balaban J connectivity index is 1.42. The Morgan fingerprint density at radius 1 is 1.12 bits per heavy atom. The summed E-state index contributed by atoms with van der Waals surface area (Å²) in [5.41, 5.74) is 0. The van der Waals surface area contributed by atoms with E-state index < -0.39 is 0 Å². The van der Waals surface area contributed by atoms with Crippen molar-refractivity contribution in [2.45, 2.75) is 51.4 Å². The van der Waals surface area contributed by atoms with E-state index in [1.165, 1.54) is 38.5 Å². The molecule has 0 unspecified atom stereocenters. The van der Waals surface area contributed by atoms with Gasteiger partial charge in [-0.1, -0.05) is 32.1 Å². The largest absolute Gasteiger partial charge is 0.346 e. The first-order valence-corrected chi connectivity index (χ1v) is 9.51. The maximum atomic E-state index is 12.7. The minimum atomic E-state index is 0.168. The smallest absolute Gasteiger partial charge is 0.225 e. The molecule has 132 valence electrons. The molecule has 0 aromatic carbocycles. The van der Waals surface area contributed by atoms with Crippen LogP contribution in [-0.4, -0.2) is 47.5 Å². The number of hydrogen-bond donors (Lipinski definition) is 0. The lowest BCUT2D eigenvalue weighted by molar-refractivity contribution is -0.135. The zero-order chi connectivity index (χ0) is 16.8. The van der Waals surface area contributed by atoms with Gasteiger partial charge in [0.2, 0.25) is 11.9 Å². The van der Waals surface area contributed by atoms with Crippen LogP contribution in [0.3, 0.4) is 0 Å². The van der Waals surface area contributed by atoms with E-state index in [4.69, 9.17) is 0 Å². The van der Waals surface area contributed by atoms with Crippen LogP contribution in [0.1, 0.15) is 51.4 Å². The van der Waals surface area contributed by atoms with Crippen molar-refractivity contribution in [1.29, 1.82) is 0 Å². The van der Waals surface area contributed by atoms with Crippen LogP contribution in [0, 0.1) is 11.8 Å². The molecule has 2 fully saturated rings. The highest BCUT2D eigenvalue weighted by Crippen LogP contribution is 2.27. The minimum Gasteiger partial charge on any atom is -0.346 e. The lowest BCUT2D eigenvalue weighted by atomic mass is 9.87. The first-order valence-electron chi connectivity index (χ1n) is 9.51. The number of amides is 1. The summed E-state index contributed by atoms with van der Waals surface area (Å²) in [4.78, 5) is 25.5. The molecule has 1 aliphatic heterocycles. The normalized spacial score (nSPS) is 20.1. The van der Waals surface area contributed by atoms with E-state index in [2.05, 4.69) is 14.9 Å². The second-order valence-corrected chi connectivity index (χ2v) is 7.36. The lowest BCUT2D eigenvalue weighted by Gasteiger charge is -2.33. The molecule has 5 heteroatoms. The van der Waals surface area contributed by atoms with Crippen LogP contribution in [0.2, 0.25) is 0 Å². The summed E-state index contributed by atoms with van der Waals surface area (Å²) in [7, 11) is 1.98. The molecule has 1 saturated carbocycles. The van der Waals surface area contributed by atoms with Gasteiger partial charge in [0.25, 0.3) is 0 Å². The van der Waals surface area contributed by atoms with Crippen LogP contribution in [0.15, 0.2) is 18.5 Å². The molecule has 5 nitrogen and oxygen atoms in total. The molecule has 0 bridgehead atoms. The van der Waals surface area contributed by atoms with Gasteiger partial charge in [0.1, 0.15) is 0 Å². The summed E-state index contributed by atoms with van der Waals surface area (Å²) in [6.45, 7) is 2.67. The SMILES string of the molecule is CN(CCC1CCCCC1)C(=O)C1CCN(c2ncccn2)CC1. The number of hydrogen-bond acceptors (Lipinski definition) is 4. The molecule has 1 aliphatic carbocycles. The molecule has 2 heterocycles. The summed E-state index contributed by atoms with van der Waals surface area (Å²) in [5.74, 6) is 2.13. The van der Waals surface area contributed by atoms with E-state index in [1.54, 1.807) is 12.4 Å². The summed E-state index contributed by atoms with van der Waals surface area (Å²) in [5, 5.41) is 0. The number of carbonyl (C=O) groups excluding carboxylic acids is 1. The van der Waals surface area contributed by atoms with Gasteiger partial charge >= 0.3 is 0 Å². The average molecular weight is 330 g/mol. The molecule has 24 heavy (non-hydrogen) atoms. The van der Waals surface area contributed by atoms with E-state index in [1.807, 2.05) is 18.0 Å². The fourth-order valence-electron chi connectivity index (χ4n) is 4.05. The highest BCUT2D eigenvalue weighted by molar-refractivity contribution is 5.78. The molecular weight excluding hydrogens is 300 g/mol. The first kappa shape index (κ1) is 17.2. The number of aromatic nitrogens is 2. The first-order chi connectivity index (χ1) is 11.7. The van der Waals surface area contributed by atoms with Crippen LogP contribution in [0.4, 0.5) is 5.95 Å². The zero-order valence-electron chi connectivity index (χ0n) is 14.9. The third-order valence-electron chi connectivity index (χ3n) is 5.65. The topological polar surface area (TPSA) is 49.3 Å². The van der Waals surface area contributed by atoms with Crippen molar-refractivity contribution in [3.63, 3.8) is 0 Å². The molecule has 0 spiro atoms. The van der Waals surface area contributed by atoms with Crippen molar-refractivity contribution in [2.75, 3.05) is 31.6 Å². The molecule has 0 radical (unpaired) electrons. The molecule has 1 amide bonds. The van der Waals surface area contributed by atoms with Crippen molar-refractivity contribution in [2.24, 2.45) is 11.8 Å². The second kappa shape index (κ2) is 8.45. The number of nitrogens with zero attached hydrogens (tertiary/aromatic N) is 4. The highest BCUT2D eigenvalue weighted by atomic mass is 16.2. The summed E-state index contributed by atoms with van der Waals surface area (Å²) >= 11 is 0. The Hall–Kier alpha value is -1.65. The monoisotopic (exact) mass is 330 g/mol. The summed E-state index contributed by atoms with van der Waals surface area (Å²) in [6.07, 6.45) is 13.4. The molecule has 1 aromatic rings. The van der Waals surface area contributed by atoms with Crippen molar-refractivity contribution in [3.05, 3.63) is 18.5 Å². The standard InChI is InChI=1S/C19H30N4O/c1-22(13-8-16-6-3-2-4-7-16)18(24)17-9-14-23(15-10-17)19-20-11-5-12-21-19/h5,11-12,16-17H,2-4,6-10,13-15H2,1H3. The molecule has 0 atom stereocenters. The second-order valence-electron chi connectivity index (χ2n) is 7.36. The van der Waals surface area contributed by atoms with Crippen LogP contribution in [0.25, 0.3) is 0 Å². The summed E-state index contributed by atoms with van der Waals surface area (Å²) in [6, 6.07) is 1.83. The summed E-state index contributed by atoms with van der Waals surface area (Å²) < 4.78 is 0. The van der Waals surface area contributed by atoms with E-state index in [-0.39, 0.29) is 5.92 Å². The van der Waals surface area contributed by atoms with Gasteiger partial charge in [-0.05, 0) is 31.2 Å². The van der Waals surface area contributed by atoms with E-state index in [0.717, 1.165) is 44.3 Å². The van der Waals surface area contributed by atoms with Crippen LogP contribution >= 0.6 is 0 Å². The van der Waals surface area contributed by atoms with E-state index >= 15 is 0 Å². The van der Waals surface area contributed by atoms with Crippen molar-refractivity contribution in [3.8, 4) is 0 Å². The molecule has 0 N–H and O–H groups in total. The Bertz CT molecular complexity index is 507. The maximum absolute atomic E-state index is 12.7. The Morgan fingerprint density at radius 2 is 1.79 bits per heavy atom. The Kier molecular flexibility index (Phi) is 6.05. The minimum absolute atomic E-state index is 0.168. The van der Waals surface area contributed by atoms with Gasteiger partial charge in [0.15, 0.2) is 0 Å². The van der Waals surface area contributed by atoms with Crippen molar-refractivity contribution < 1.29 is 4.79 Å². The van der Waals surface area contributed by atoms with Gasteiger partial charge in [0.05, 0.1) is 0 Å². The molecule has 1 saturated heterocycles. The number of anilines is 1. The third-order valence-corrected chi connectivity index (χ3v) is 5.65.